The number of nitrogens with zero attached hydrogens (tertiary/aromatic N) is 1. The predicted octanol–water partition coefficient (Wildman–Crippen LogP) is 10.00. The third-order valence-corrected chi connectivity index (χ3v) is 6.17. The van der Waals surface area contributed by atoms with E-state index in [1.54, 1.807) is 0 Å². The number of hydrogen-bond donors (Lipinski definition) is 1. The fourth-order valence-electron chi connectivity index (χ4n) is 3.82. The number of unbranched alkanes of at least 4 members (excludes halogenated alkanes) is 1. The maximum atomic E-state index is 6.06. The Hall–Kier alpha value is -3.36. The summed E-state index contributed by atoms with van der Waals surface area (Å²) in [5.41, 5.74) is 8.84. The third kappa shape index (κ3) is 8.10. The Kier molecular flexibility index (Phi) is 10.8. The molecule has 0 unspecified atom stereocenters. The van der Waals surface area contributed by atoms with Gasteiger partial charge in [0.1, 0.15) is 0 Å². The number of allylic oxidation sites excluding steroid dienone is 1. The van der Waals surface area contributed by atoms with Gasteiger partial charge in [0.05, 0.1) is 5.69 Å². The summed E-state index contributed by atoms with van der Waals surface area (Å²) < 4.78 is 0. The van der Waals surface area contributed by atoms with E-state index in [2.05, 4.69) is 92.2 Å². The molecule has 0 amide bonds. The fourth-order valence-corrected chi connectivity index (χ4v) is 3.94. The number of halogens is 1. The average Bonchev–Trinajstić information content (AvgIpc) is 2.91. The predicted molar refractivity (Wildman–Crippen MR) is 158 cm³/mol. The highest BCUT2D eigenvalue weighted by Crippen LogP contribution is 2.31. The van der Waals surface area contributed by atoms with Crippen LogP contribution in [0.15, 0.2) is 103 Å². The molecule has 0 fully saturated rings. The molecule has 3 heteroatoms. The Morgan fingerprint density at radius 3 is 1.97 bits per heavy atom. The van der Waals surface area contributed by atoms with Crippen molar-refractivity contribution >= 4 is 17.3 Å². The van der Waals surface area contributed by atoms with Crippen LogP contribution in [-0.2, 0) is 12.8 Å². The molecule has 0 aliphatic carbocycles. The van der Waals surface area contributed by atoms with Crippen molar-refractivity contribution in [1.82, 2.24) is 4.98 Å². The van der Waals surface area contributed by atoms with Gasteiger partial charge >= 0.3 is 0 Å². The maximum Gasteiger partial charge on any atom is 0.0780 e. The quantitative estimate of drug-likeness (QED) is 0.249. The maximum absolute atomic E-state index is 6.06. The topological polar surface area (TPSA) is 24.9 Å². The zero-order chi connectivity index (χ0) is 25.8. The molecule has 1 N–H and O–H groups in total. The minimum absolute atomic E-state index is 0.728. The molecule has 0 bridgehead atoms. The van der Waals surface area contributed by atoms with Gasteiger partial charge in [-0.3, -0.25) is 4.98 Å². The number of anilines is 1. The van der Waals surface area contributed by atoms with Crippen LogP contribution in [0.25, 0.3) is 22.4 Å². The second-order valence-electron chi connectivity index (χ2n) is 8.96. The van der Waals surface area contributed by atoms with Crippen molar-refractivity contribution in [1.29, 1.82) is 0 Å². The van der Waals surface area contributed by atoms with Crippen molar-refractivity contribution in [3.63, 3.8) is 0 Å². The van der Waals surface area contributed by atoms with E-state index in [0.29, 0.717) is 0 Å². The second-order valence-corrected chi connectivity index (χ2v) is 9.39. The molecule has 3 aromatic carbocycles. The number of rotatable bonds is 9. The number of aryl methyl sites for hydroxylation is 1. The summed E-state index contributed by atoms with van der Waals surface area (Å²) in [4.78, 5) is 4.64. The first-order valence-corrected chi connectivity index (χ1v) is 13.3. The summed E-state index contributed by atoms with van der Waals surface area (Å²) in [6.07, 6.45) is 7.56. The molecule has 36 heavy (non-hydrogen) atoms. The van der Waals surface area contributed by atoms with Crippen LogP contribution in [0.5, 0.6) is 0 Å². The van der Waals surface area contributed by atoms with Crippen LogP contribution in [0.2, 0.25) is 5.02 Å². The van der Waals surface area contributed by atoms with Crippen LogP contribution in [-0.4, -0.2) is 4.98 Å². The van der Waals surface area contributed by atoms with Crippen molar-refractivity contribution < 1.29 is 0 Å². The highest BCUT2D eigenvalue weighted by molar-refractivity contribution is 6.30. The van der Waals surface area contributed by atoms with Gasteiger partial charge in [-0.15, -0.1) is 0 Å². The Balaban J connectivity index is 0.000000840. The van der Waals surface area contributed by atoms with Crippen molar-refractivity contribution in [2.75, 3.05) is 5.32 Å². The molecule has 2 nitrogen and oxygen atoms in total. The Labute approximate surface area is 222 Å². The summed E-state index contributed by atoms with van der Waals surface area (Å²) >= 11 is 6.06. The standard InChI is InChI=1S/C29H27ClN2.C4H10/c1-3-5-22-7-9-23(10-8-22)20-21(2)32-27-17-13-25(14-18-27)29-28(6-4-19-31-29)24-11-15-26(30)16-12-24;1-3-4-2/h4,6-19,32H,2-3,5,20H2,1H3;3-4H2,1-2H3. The number of hydrogen-bond acceptors (Lipinski definition) is 2. The van der Waals surface area contributed by atoms with E-state index < -0.39 is 0 Å². The van der Waals surface area contributed by atoms with Crippen LogP contribution >= 0.6 is 11.6 Å². The molecular weight excluding hydrogens is 460 g/mol. The monoisotopic (exact) mass is 496 g/mol. The van der Waals surface area contributed by atoms with Crippen molar-refractivity contribution in [3.05, 3.63) is 120 Å². The van der Waals surface area contributed by atoms with Crippen LogP contribution in [0.3, 0.4) is 0 Å². The van der Waals surface area contributed by atoms with E-state index in [1.165, 1.54) is 30.4 Å². The van der Waals surface area contributed by atoms with Crippen molar-refractivity contribution in [3.8, 4) is 22.4 Å². The molecule has 0 saturated carbocycles. The molecule has 0 saturated heterocycles. The SMILES string of the molecule is C=C(Cc1ccc(CCC)cc1)Nc1ccc(-c2ncccc2-c2ccc(Cl)cc2)cc1.CCCC. The van der Waals surface area contributed by atoms with Gasteiger partial charge in [0.25, 0.3) is 0 Å². The van der Waals surface area contributed by atoms with Crippen LogP contribution in [0.4, 0.5) is 5.69 Å². The van der Waals surface area contributed by atoms with E-state index in [9.17, 15) is 0 Å². The number of aromatic nitrogens is 1. The van der Waals surface area contributed by atoms with Gasteiger partial charge in [-0.05, 0) is 53.4 Å². The highest BCUT2D eigenvalue weighted by Gasteiger charge is 2.09. The Morgan fingerprint density at radius 1 is 0.750 bits per heavy atom. The van der Waals surface area contributed by atoms with Crippen LogP contribution in [0.1, 0.15) is 51.2 Å². The molecule has 0 aliphatic heterocycles. The van der Waals surface area contributed by atoms with Gasteiger partial charge in [0.2, 0.25) is 0 Å². The van der Waals surface area contributed by atoms with E-state index in [-0.39, 0.29) is 0 Å². The number of nitrogens with one attached hydrogen (secondary N) is 1. The molecule has 0 atom stereocenters. The normalized spacial score (nSPS) is 10.3. The first-order valence-electron chi connectivity index (χ1n) is 12.9. The zero-order valence-electron chi connectivity index (χ0n) is 21.7. The lowest BCUT2D eigenvalue weighted by Gasteiger charge is -2.12. The lowest BCUT2D eigenvalue weighted by Crippen LogP contribution is -2.01. The van der Waals surface area contributed by atoms with E-state index in [0.717, 1.165) is 51.6 Å². The zero-order valence-corrected chi connectivity index (χ0v) is 22.5. The minimum Gasteiger partial charge on any atom is -0.359 e. The average molecular weight is 497 g/mol. The van der Waals surface area contributed by atoms with Gasteiger partial charge in [-0.2, -0.15) is 0 Å². The molecule has 0 spiro atoms. The first-order chi connectivity index (χ1) is 17.5. The first kappa shape index (κ1) is 27.2. The van der Waals surface area contributed by atoms with Gasteiger partial charge in [-0.1, -0.05) is 113 Å². The lowest BCUT2D eigenvalue weighted by atomic mass is 9.99. The summed E-state index contributed by atoms with van der Waals surface area (Å²) in [6.45, 7) is 10.8. The molecule has 0 aliphatic rings. The summed E-state index contributed by atoms with van der Waals surface area (Å²) in [5.74, 6) is 0. The van der Waals surface area contributed by atoms with Gasteiger partial charge in [0.15, 0.2) is 0 Å². The largest absolute Gasteiger partial charge is 0.359 e. The second kappa shape index (κ2) is 14.3. The third-order valence-electron chi connectivity index (χ3n) is 5.92. The van der Waals surface area contributed by atoms with Crippen molar-refractivity contribution in [2.45, 2.75) is 52.9 Å². The van der Waals surface area contributed by atoms with Crippen molar-refractivity contribution in [2.24, 2.45) is 0 Å². The molecule has 1 heterocycles. The number of pyridine rings is 1. The van der Waals surface area contributed by atoms with Crippen LogP contribution < -0.4 is 5.32 Å². The van der Waals surface area contributed by atoms with Gasteiger partial charge in [0, 0.05) is 40.2 Å². The molecule has 186 valence electrons. The summed E-state index contributed by atoms with van der Waals surface area (Å²) in [6, 6.07) is 29.1. The Bertz CT molecular complexity index is 1210. The molecule has 1 aromatic heterocycles. The lowest BCUT2D eigenvalue weighted by molar-refractivity contribution is 0.886. The van der Waals surface area contributed by atoms with Gasteiger partial charge < -0.3 is 5.32 Å². The smallest absolute Gasteiger partial charge is 0.0780 e. The van der Waals surface area contributed by atoms with E-state index >= 15 is 0 Å². The van der Waals surface area contributed by atoms with E-state index in [4.69, 9.17) is 11.6 Å². The minimum atomic E-state index is 0.728. The highest BCUT2D eigenvalue weighted by atomic mass is 35.5. The molecule has 0 radical (unpaired) electrons. The molecule has 4 aromatic rings. The van der Waals surface area contributed by atoms with Crippen LogP contribution in [0, 0.1) is 0 Å². The molecular formula is C33H37ClN2. The van der Waals surface area contributed by atoms with E-state index in [1.807, 2.05) is 36.5 Å². The Morgan fingerprint density at radius 2 is 1.36 bits per heavy atom. The van der Waals surface area contributed by atoms with Gasteiger partial charge in [-0.25, -0.2) is 0 Å². The number of benzene rings is 3. The summed E-state index contributed by atoms with van der Waals surface area (Å²) in [5, 5.41) is 4.16. The summed E-state index contributed by atoms with van der Waals surface area (Å²) in [7, 11) is 0. The fraction of sp³-hybridized carbons (Fsp3) is 0.242. The molecule has 4 rings (SSSR count).